The summed E-state index contributed by atoms with van der Waals surface area (Å²) in [5.74, 6) is -0.162. The topological polar surface area (TPSA) is 77.2 Å². The molecule has 0 fully saturated rings. The van der Waals surface area contributed by atoms with Crippen molar-refractivity contribution < 1.29 is 14.6 Å². The Morgan fingerprint density at radius 1 is 1.19 bits per heavy atom. The molecule has 0 bridgehead atoms. The van der Waals surface area contributed by atoms with Crippen molar-refractivity contribution in [2.24, 2.45) is 0 Å². The van der Waals surface area contributed by atoms with Gasteiger partial charge in [-0.05, 0) is 48.6 Å². The lowest BCUT2D eigenvalue weighted by molar-refractivity contribution is -0.140. The number of fused-ring (bicyclic) bond motifs is 1. The molecular formula is C20H23N3O3. The second kappa shape index (κ2) is 7.99. The third-order valence-corrected chi connectivity index (χ3v) is 4.40. The Bertz CT molecular complexity index is 918. The normalized spacial score (nSPS) is 11.0. The SMILES string of the molecule is CCCCc1cccc2nn(-c3cc(CCC(=O)OC)ccc3O)nc12. The van der Waals surface area contributed by atoms with Gasteiger partial charge in [0.2, 0.25) is 0 Å². The van der Waals surface area contributed by atoms with Crippen LogP contribution in [0.5, 0.6) is 5.75 Å². The van der Waals surface area contributed by atoms with Crippen LogP contribution in [0.3, 0.4) is 0 Å². The van der Waals surface area contributed by atoms with Crippen molar-refractivity contribution in [2.45, 2.75) is 39.0 Å². The fourth-order valence-corrected chi connectivity index (χ4v) is 2.90. The van der Waals surface area contributed by atoms with E-state index < -0.39 is 0 Å². The zero-order valence-corrected chi connectivity index (χ0v) is 15.1. The van der Waals surface area contributed by atoms with Gasteiger partial charge in [0, 0.05) is 6.42 Å². The molecule has 0 saturated heterocycles. The third-order valence-electron chi connectivity index (χ3n) is 4.40. The van der Waals surface area contributed by atoms with Crippen molar-refractivity contribution in [3.05, 3.63) is 47.5 Å². The van der Waals surface area contributed by atoms with Crippen molar-refractivity contribution in [3.8, 4) is 11.4 Å². The maximum atomic E-state index is 11.3. The van der Waals surface area contributed by atoms with Gasteiger partial charge >= 0.3 is 5.97 Å². The van der Waals surface area contributed by atoms with E-state index in [9.17, 15) is 9.90 Å². The minimum Gasteiger partial charge on any atom is -0.506 e. The van der Waals surface area contributed by atoms with Gasteiger partial charge in [-0.3, -0.25) is 4.79 Å². The van der Waals surface area contributed by atoms with E-state index in [1.54, 1.807) is 12.1 Å². The van der Waals surface area contributed by atoms with Crippen LogP contribution in [0.4, 0.5) is 0 Å². The van der Waals surface area contributed by atoms with Gasteiger partial charge in [-0.15, -0.1) is 15.0 Å². The Labute approximate surface area is 152 Å². The number of phenolic OH excluding ortho intramolecular Hbond substituents is 1. The third kappa shape index (κ3) is 3.85. The molecule has 136 valence electrons. The summed E-state index contributed by atoms with van der Waals surface area (Å²) in [6.07, 6.45) is 3.99. The number of carbonyl (C=O) groups is 1. The first-order valence-corrected chi connectivity index (χ1v) is 8.86. The number of aromatic nitrogens is 3. The smallest absolute Gasteiger partial charge is 0.305 e. The van der Waals surface area contributed by atoms with E-state index in [1.165, 1.54) is 11.9 Å². The number of benzene rings is 2. The van der Waals surface area contributed by atoms with E-state index in [0.717, 1.165) is 41.4 Å². The van der Waals surface area contributed by atoms with Crippen molar-refractivity contribution in [1.29, 1.82) is 0 Å². The summed E-state index contributed by atoms with van der Waals surface area (Å²) in [5.41, 5.74) is 4.25. The number of hydrogen-bond acceptors (Lipinski definition) is 5. The van der Waals surface area contributed by atoms with E-state index in [2.05, 4.69) is 27.9 Å². The summed E-state index contributed by atoms with van der Waals surface area (Å²) in [5, 5.41) is 19.4. The van der Waals surface area contributed by atoms with Gasteiger partial charge in [0.15, 0.2) is 0 Å². The minimum atomic E-state index is -0.261. The number of nitrogens with zero attached hydrogens (tertiary/aromatic N) is 3. The summed E-state index contributed by atoms with van der Waals surface area (Å²) < 4.78 is 4.68. The van der Waals surface area contributed by atoms with Crippen molar-refractivity contribution >= 4 is 17.0 Å². The summed E-state index contributed by atoms with van der Waals surface area (Å²) in [6, 6.07) is 11.2. The van der Waals surface area contributed by atoms with Crippen LogP contribution in [0.1, 0.15) is 37.3 Å². The zero-order chi connectivity index (χ0) is 18.5. The quantitative estimate of drug-likeness (QED) is 0.657. The molecule has 0 spiro atoms. The summed E-state index contributed by atoms with van der Waals surface area (Å²) in [7, 11) is 1.37. The van der Waals surface area contributed by atoms with E-state index >= 15 is 0 Å². The van der Waals surface area contributed by atoms with Crippen LogP contribution >= 0.6 is 0 Å². The van der Waals surface area contributed by atoms with Crippen LogP contribution in [-0.2, 0) is 22.4 Å². The fourth-order valence-electron chi connectivity index (χ4n) is 2.90. The highest BCUT2D eigenvalue weighted by atomic mass is 16.5. The Balaban J connectivity index is 1.94. The van der Waals surface area contributed by atoms with Gasteiger partial charge in [-0.1, -0.05) is 31.5 Å². The van der Waals surface area contributed by atoms with E-state index in [0.29, 0.717) is 12.1 Å². The van der Waals surface area contributed by atoms with Crippen LogP contribution in [-0.4, -0.2) is 33.2 Å². The Hall–Kier alpha value is -2.89. The Morgan fingerprint density at radius 3 is 2.81 bits per heavy atom. The molecule has 0 aliphatic rings. The number of hydrogen-bond donors (Lipinski definition) is 1. The summed E-state index contributed by atoms with van der Waals surface area (Å²) >= 11 is 0. The first-order chi connectivity index (χ1) is 12.6. The van der Waals surface area contributed by atoms with Crippen molar-refractivity contribution in [1.82, 2.24) is 15.0 Å². The molecule has 0 unspecified atom stereocenters. The van der Waals surface area contributed by atoms with Crippen LogP contribution in [0, 0.1) is 0 Å². The number of aromatic hydroxyl groups is 1. The first-order valence-electron chi connectivity index (χ1n) is 8.86. The summed E-state index contributed by atoms with van der Waals surface area (Å²) in [6.45, 7) is 2.16. The number of unbranched alkanes of at least 4 members (excludes halogenated alkanes) is 1. The molecule has 1 heterocycles. The standard InChI is InChI=1S/C20H23N3O3/c1-3-4-6-15-7-5-8-16-20(15)22-23(21-16)17-13-14(9-11-18(17)24)10-12-19(25)26-2/h5,7-9,11,13,24H,3-4,6,10,12H2,1-2H3. The highest BCUT2D eigenvalue weighted by Crippen LogP contribution is 2.25. The molecule has 26 heavy (non-hydrogen) atoms. The van der Waals surface area contributed by atoms with Gasteiger partial charge in [-0.2, -0.15) is 0 Å². The van der Waals surface area contributed by atoms with Crippen LogP contribution in [0.2, 0.25) is 0 Å². The largest absolute Gasteiger partial charge is 0.506 e. The molecule has 3 aromatic rings. The second-order valence-corrected chi connectivity index (χ2v) is 6.28. The number of rotatable bonds is 7. The second-order valence-electron chi connectivity index (χ2n) is 6.28. The molecule has 2 aromatic carbocycles. The number of aryl methyl sites for hydroxylation is 2. The Morgan fingerprint density at radius 2 is 2.04 bits per heavy atom. The lowest BCUT2D eigenvalue weighted by atomic mass is 10.1. The molecule has 6 heteroatoms. The molecule has 0 atom stereocenters. The number of carbonyl (C=O) groups excluding carboxylic acids is 1. The average Bonchev–Trinajstić information content (AvgIpc) is 3.09. The minimum absolute atomic E-state index is 0.0993. The number of ether oxygens (including phenoxy) is 1. The highest BCUT2D eigenvalue weighted by molar-refractivity contribution is 5.78. The maximum absolute atomic E-state index is 11.3. The lowest BCUT2D eigenvalue weighted by Gasteiger charge is -2.06. The van der Waals surface area contributed by atoms with Gasteiger partial charge in [0.25, 0.3) is 0 Å². The molecule has 0 aliphatic heterocycles. The molecule has 1 aromatic heterocycles. The van der Waals surface area contributed by atoms with Crippen molar-refractivity contribution in [3.63, 3.8) is 0 Å². The number of phenols is 1. The maximum Gasteiger partial charge on any atom is 0.305 e. The first kappa shape index (κ1) is 17.9. The predicted octanol–water partition coefficient (Wildman–Crippen LogP) is 3.57. The van der Waals surface area contributed by atoms with Crippen LogP contribution in [0.25, 0.3) is 16.7 Å². The monoisotopic (exact) mass is 353 g/mol. The molecule has 0 saturated carbocycles. The van der Waals surface area contributed by atoms with Gasteiger partial charge in [-0.25, -0.2) is 0 Å². The zero-order valence-electron chi connectivity index (χ0n) is 15.1. The number of methoxy groups -OCH3 is 1. The van der Waals surface area contributed by atoms with Crippen molar-refractivity contribution in [2.75, 3.05) is 7.11 Å². The van der Waals surface area contributed by atoms with Gasteiger partial charge in [0.1, 0.15) is 22.5 Å². The van der Waals surface area contributed by atoms with E-state index in [-0.39, 0.29) is 18.1 Å². The van der Waals surface area contributed by atoms with E-state index in [4.69, 9.17) is 0 Å². The molecule has 3 rings (SSSR count). The molecule has 0 aliphatic carbocycles. The summed E-state index contributed by atoms with van der Waals surface area (Å²) in [4.78, 5) is 12.8. The molecule has 1 N–H and O–H groups in total. The highest BCUT2D eigenvalue weighted by Gasteiger charge is 2.13. The predicted molar refractivity (Wildman–Crippen MR) is 99.5 cm³/mol. The van der Waals surface area contributed by atoms with Crippen LogP contribution in [0.15, 0.2) is 36.4 Å². The molecule has 0 amide bonds. The number of esters is 1. The Kier molecular flexibility index (Phi) is 5.51. The molecule has 6 nitrogen and oxygen atoms in total. The van der Waals surface area contributed by atoms with Crippen LogP contribution < -0.4 is 0 Å². The van der Waals surface area contributed by atoms with Gasteiger partial charge in [0.05, 0.1) is 7.11 Å². The molecule has 0 radical (unpaired) electrons. The fraction of sp³-hybridized carbons (Fsp3) is 0.350. The lowest BCUT2D eigenvalue weighted by Crippen LogP contribution is -2.04. The average molecular weight is 353 g/mol. The van der Waals surface area contributed by atoms with E-state index in [1.807, 2.05) is 18.2 Å². The molecular weight excluding hydrogens is 330 g/mol. The van der Waals surface area contributed by atoms with Gasteiger partial charge < -0.3 is 9.84 Å².